The third-order valence-corrected chi connectivity index (χ3v) is 3.80. The van der Waals surface area contributed by atoms with E-state index in [9.17, 15) is 4.79 Å². The molecule has 0 saturated carbocycles. The maximum Gasteiger partial charge on any atom is 0.407 e. The highest BCUT2D eigenvalue weighted by atomic mass is 16.6. The molecule has 0 radical (unpaired) electrons. The summed E-state index contributed by atoms with van der Waals surface area (Å²) in [6, 6.07) is 0.310. The van der Waals surface area contributed by atoms with E-state index >= 15 is 0 Å². The van der Waals surface area contributed by atoms with Crippen LogP contribution in [0.4, 0.5) is 4.79 Å². The van der Waals surface area contributed by atoms with Gasteiger partial charge in [0.05, 0.1) is 0 Å². The van der Waals surface area contributed by atoms with Crippen molar-refractivity contribution >= 4 is 6.09 Å². The molecule has 1 aliphatic rings. The van der Waals surface area contributed by atoms with Crippen LogP contribution in [0.15, 0.2) is 0 Å². The number of likely N-dealkylation sites (tertiary alicyclic amines) is 1. The zero-order valence-corrected chi connectivity index (χ0v) is 14.4. The first-order valence-electron chi connectivity index (χ1n) is 8.19. The van der Waals surface area contributed by atoms with Gasteiger partial charge in [-0.05, 0) is 66.1 Å². The van der Waals surface area contributed by atoms with Crippen molar-refractivity contribution < 1.29 is 9.53 Å². The van der Waals surface area contributed by atoms with Crippen molar-refractivity contribution in [2.24, 2.45) is 5.92 Å². The van der Waals surface area contributed by atoms with Gasteiger partial charge in [0.2, 0.25) is 0 Å². The molecule has 2 unspecified atom stereocenters. The molecule has 1 rings (SSSR count). The summed E-state index contributed by atoms with van der Waals surface area (Å²) < 4.78 is 5.26. The molecule has 1 fully saturated rings. The molecule has 21 heavy (non-hydrogen) atoms. The standard InChI is InChI=1S/C16H33N3O2/c1-6-14(11-18-15(20)21-16(2,3)4)17-10-13-8-7-9-19(5)12-13/h13-14,17H,6-12H2,1-5H3,(H,18,20). The van der Waals surface area contributed by atoms with Crippen LogP contribution in [0.25, 0.3) is 0 Å². The summed E-state index contributed by atoms with van der Waals surface area (Å²) in [5.74, 6) is 0.722. The summed E-state index contributed by atoms with van der Waals surface area (Å²) in [7, 11) is 2.19. The summed E-state index contributed by atoms with van der Waals surface area (Å²) in [5.41, 5.74) is -0.439. The van der Waals surface area contributed by atoms with Gasteiger partial charge >= 0.3 is 6.09 Å². The first kappa shape index (κ1) is 18.2. The molecule has 1 heterocycles. The molecule has 2 N–H and O–H groups in total. The normalized spacial score (nSPS) is 21.9. The number of alkyl carbamates (subject to hydrolysis) is 1. The number of rotatable bonds is 6. The molecule has 5 heteroatoms. The summed E-state index contributed by atoms with van der Waals surface area (Å²) in [4.78, 5) is 14.1. The fourth-order valence-electron chi connectivity index (χ4n) is 2.65. The Morgan fingerprint density at radius 2 is 2.14 bits per heavy atom. The lowest BCUT2D eigenvalue weighted by Gasteiger charge is -2.31. The minimum absolute atomic E-state index is 0.310. The molecule has 124 valence electrons. The third-order valence-electron chi connectivity index (χ3n) is 3.80. The Morgan fingerprint density at radius 1 is 1.43 bits per heavy atom. The molecular weight excluding hydrogens is 266 g/mol. The summed E-state index contributed by atoms with van der Waals surface area (Å²) in [6.45, 7) is 11.8. The van der Waals surface area contributed by atoms with Gasteiger partial charge in [-0.25, -0.2) is 4.79 Å². The lowest BCUT2D eigenvalue weighted by atomic mass is 9.98. The average molecular weight is 299 g/mol. The number of nitrogens with one attached hydrogen (secondary N) is 2. The Kier molecular flexibility index (Phi) is 7.46. The van der Waals surface area contributed by atoms with E-state index in [1.807, 2.05) is 20.8 Å². The molecule has 0 bridgehead atoms. The van der Waals surface area contributed by atoms with Crippen LogP contribution >= 0.6 is 0 Å². The summed E-state index contributed by atoms with van der Waals surface area (Å²) in [6.07, 6.45) is 3.25. The Bertz CT molecular complexity index is 315. The predicted octanol–water partition coefficient (Wildman–Crippen LogP) is 2.22. The molecule has 1 aliphatic heterocycles. The van der Waals surface area contributed by atoms with Gasteiger partial charge in [0, 0.05) is 19.1 Å². The van der Waals surface area contributed by atoms with Crippen LogP contribution < -0.4 is 10.6 Å². The number of amides is 1. The number of ether oxygens (including phenoxy) is 1. The second kappa shape index (κ2) is 8.59. The smallest absolute Gasteiger partial charge is 0.407 e. The topological polar surface area (TPSA) is 53.6 Å². The number of nitrogens with zero attached hydrogens (tertiary/aromatic N) is 1. The van der Waals surface area contributed by atoms with E-state index in [2.05, 4.69) is 29.5 Å². The van der Waals surface area contributed by atoms with Gasteiger partial charge in [0.15, 0.2) is 0 Å². The zero-order chi connectivity index (χ0) is 15.9. The van der Waals surface area contributed by atoms with Crippen LogP contribution in [0.1, 0.15) is 47.0 Å². The highest BCUT2D eigenvalue weighted by Gasteiger charge is 2.19. The Morgan fingerprint density at radius 3 is 2.71 bits per heavy atom. The van der Waals surface area contributed by atoms with Crippen LogP contribution in [-0.4, -0.2) is 55.9 Å². The quantitative estimate of drug-likeness (QED) is 0.789. The number of carbonyl (C=O) groups excluding carboxylic acids is 1. The third kappa shape index (κ3) is 8.27. The fourth-order valence-corrected chi connectivity index (χ4v) is 2.65. The molecule has 0 aliphatic carbocycles. The summed E-state index contributed by atoms with van der Waals surface area (Å²) in [5, 5.41) is 6.43. The molecular formula is C16H33N3O2. The van der Waals surface area contributed by atoms with Gasteiger partial charge in [-0.1, -0.05) is 6.92 Å². The SMILES string of the molecule is CCC(CNC(=O)OC(C)(C)C)NCC1CCCN(C)C1. The highest BCUT2D eigenvalue weighted by Crippen LogP contribution is 2.14. The van der Waals surface area contributed by atoms with Crippen molar-refractivity contribution in [3.05, 3.63) is 0 Å². The van der Waals surface area contributed by atoms with Gasteiger partial charge in [-0.2, -0.15) is 0 Å². The molecule has 5 nitrogen and oxygen atoms in total. The minimum Gasteiger partial charge on any atom is -0.444 e. The second-order valence-electron chi connectivity index (χ2n) is 7.17. The molecule has 1 amide bonds. The van der Waals surface area contributed by atoms with Gasteiger partial charge < -0.3 is 20.3 Å². The fraction of sp³-hybridized carbons (Fsp3) is 0.938. The number of hydrogen-bond acceptors (Lipinski definition) is 4. The predicted molar refractivity (Wildman–Crippen MR) is 86.5 cm³/mol. The Balaban J connectivity index is 2.23. The molecule has 0 aromatic rings. The molecule has 0 spiro atoms. The van der Waals surface area contributed by atoms with Crippen molar-refractivity contribution in [1.29, 1.82) is 0 Å². The maximum atomic E-state index is 11.7. The van der Waals surface area contributed by atoms with Gasteiger partial charge in [0.1, 0.15) is 5.60 Å². The van der Waals surface area contributed by atoms with Crippen molar-refractivity contribution in [2.45, 2.75) is 58.6 Å². The highest BCUT2D eigenvalue weighted by molar-refractivity contribution is 5.67. The maximum absolute atomic E-state index is 11.7. The van der Waals surface area contributed by atoms with Crippen LogP contribution in [0.3, 0.4) is 0 Å². The van der Waals surface area contributed by atoms with E-state index in [1.165, 1.54) is 25.9 Å². The van der Waals surface area contributed by atoms with Crippen LogP contribution in [-0.2, 0) is 4.74 Å². The van der Waals surface area contributed by atoms with Crippen molar-refractivity contribution in [3.8, 4) is 0 Å². The van der Waals surface area contributed by atoms with E-state index < -0.39 is 5.60 Å². The summed E-state index contributed by atoms with van der Waals surface area (Å²) >= 11 is 0. The monoisotopic (exact) mass is 299 g/mol. The van der Waals surface area contributed by atoms with E-state index in [1.54, 1.807) is 0 Å². The number of piperidine rings is 1. The van der Waals surface area contributed by atoms with E-state index in [-0.39, 0.29) is 6.09 Å². The number of hydrogen-bond donors (Lipinski definition) is 2. The molecule has 0 aromatic carbocycles. The number of carbonyl (C=O) groups is 1. The van der Waals surface area contributed by atoms with E-state index in [0.717, 1.165) is 18.9 Å². The van der Waals surface area contributed by atoms with Crippen molar-refractivity contribution in [2.75, 3.05) is 33.2 Å². The van der Waals surface area contributed by atoms with Crippen LogP contribution in [0.5, 0.6) is 0 Å². The van der Waals surface area contributed by atoms with Gasteiger partial charge in [-0.15, -0.1) is 0 Å². The second-order valence-corrected chi connectivity index (χ2v) is 7.17. The van der Waals surface area contributed by atoms with Gasteiger partial charge in [-0.3, -0.25) is 0 Å². The Labute approximate surface area is 129 Å². The van der Waals surface area contributed by atoms with Crippen molar-refractivity contribution in [3.63, 3.8) is 0 Å². The average Bonchev–Trinajstić information content (AvgIpc) is 2.37. The van der Waals surface area contributed by atoms with Gasteiger partial charge in [0.25, 0.3) is 0 Å². The molecule has 1 saturated heterocycles. The first-order chi connectivity index (χ1) is 9.80. The lowest BCUT2D eigenvalue weighted by molar-refractivity contribution is 0.0521. The molecule has 0 aromatic heterocycles. The van der Waals surface area contributed by atoms with E-state index in [4.69, 9.17) is 4.74 Å². The van der Waals surface area contributed by atoms with Crippen molar-refractivity contribution in [1.82, 2.24) is 15.5 Å². The molecule has 2 atom stereocenters. The van der Waals surface area contributed by atoms with Crippen LogP contribution in [0.2, 0.25) is 0 Å². The van der Waals surface area contributed by atoms with Crippen LogP contribution in [0, 0.1) is 5.92 Å². The first-order valence-corrected chi connectivity index (χ1v) is 8.19. The van der Waals surface area contributed by atoms with E-state index in [0.29, 0.717) is 12.6 Å². The zero-order valence-electron chi connectivity index (χ0n) is 14.4. The lowest BCUT2D eigenvalue weighted by Crippen LogP contribution is -2.45. The Hall–Kier alpha value is -0.810. The largest absolute Gasteiger partial charge is 0.444 e. The minimum atomic E-state index is -0.439.